The van der Waals surface area contributed by atoms with E-state index in [4.69, 9.17) is 0 Å². The lowest BCUT2D eigenvalue weighted by molar-refractivity contribution is -0.201. The first kappa shape index (κ1) is 14.8. The van der Waals surface area contributed by atoms with E-state index < -0.39 is 22.9 Å². The molecule has 1 aliphatic rings. The Morgan fingerprint density at radius 3 is 2.75 bits per heavy atom. The van der Waals surface area contributed by atoms with Gasteiger partial charge in [-0.1, -0.05) is 12.1 Å². The highest BCUT2D eigenvalue weighted by Crippen LogP contribution is 2.32. The van der Waals surface area contributed by atoms with E-state index in [1.165, 1.54) is 0 Å². The average Bonchev–Trinajstić information content (AvgIpc) is 2.72. The van der Waals surface area contributed by atoms with Gasteiger partial charge in [-0.2, -0.15) is 13.2 Å². The van der Waals surface area contributed by atoms with Crippen LogP contribution in [0.15, 0.2) is 18.2 Å². The molecule has 110 valence electrons. The largest absolute Gasteiger partial charge is 0.493 e. The first-order valence-electron chi connectivity index (χ1n) is 5.76. The van der Waals surface area contributed by atoms with Crippen LogP contribution in [-0.2, 0) is 32.6 Å². The molecular formula is C12H12F3NO3S. The normalized spacial score (nSPS) is 15.9. The van der Waals surface area contributed by atoms with Crippen molar-refractivity contribution in [2.75, 3.05) is 17.9 Å². The van der Waals surface area contributed by atoms with Crippen LogP contribution >= 0.6 is 0 Å². The van der Waals surface area contributed by atoms with Crippen molar-refractivity contribution in [3.63, 3.8) is 0 Å². The number of hydroxylamine groups is 1. The molecule has 4 nitrogen and oxygen atoms in total. The molecule has 1 unspecified atom stereocenters. The van der Waals surface area contributed by atoms with Gasteiger partial charge in [0.05, 0.1) is 12.2 Å². The molecule has 1 atom stereocenters. The molecule has 0 aliphatic carbocycles. The van der Waals surface area contributed by atoms with E-state index >= 15 is 0 Å². The van der Waals surface area contributed by atoms with Gasteiger partial charge in [0.15, 0.2) is 0 Å². The molecule has 0 aromatic heterocycles. The van der Waals surface area contributed by atoms with E-state index in [1.807, 2.05) is 0 Å². The monoisotopic (exact) mass is 307 g/mol. The minimum absolute atomic E-state index is 0.157. The third-order valence-electron chi connectivity index (χ3n) is 2.87. The maximum Gasteiger partial charge on any atom is 0.493 e. The number of hydrogen-bond acceptors (Lipinski definition) is 4. The highest BCUT2D eigenvalue weighted by Gasteiger charge is 2.43. The molecule has 1 aliphatic heterocycles. The lowest BCUT2D eigenvalue weighted by Gasteiger charge is -2.19. The van der Waals surface area contributed by atoms with E-state index in [-0.39, 0.29) is 6.54 Å². The molecule has 0 radical (unpaired) electrons. The number of carbonyl (C=O) groups excluding carboxylic acids is 1. The predicted molar refractivity (Wildman–Crippen MR) is 67.4 cm³/mol. The fourth-order valence-electron chi connectivity index (χ4n) is 2.08. The molecule has 0 N–H and O–H groups in total. The molecule has 1 aromatic carbocycles. The van der Waals surface area contributed by atoms with Gasteiger partial charge in [-0.3, -0.25) is 4.21 Å². The summed E-state index contributed by atoms with van der Waals surface area (Å²) in [5.74, 6) is -1.92. The van der Waals surface area contributed by atoms with Gasteiger partial charge in [0, 0.05) is 22.8 Å². The molecule has 1 aromatic rings. The number of nitrogens with zero attached hydrogens (tertiary/aromatic N) is 1. The van der Waals surface area contributed by atoms with E-state index in [2.05, 4.69) is 4.84 Å². The van der Waals surface area contributed by atoms with Crippen molar-refractivity contribution < 1.29 is 27.0 Å². The third kappa shape index (κ3) is 3.12. The Morgan fingerprint density at radius 2 is 2.15 bits per heavy atom. The highest BCUT2D eigenvalue weighted by molar-refractivity contribution is 7.83. The van der Waals surface area contributed by atoms with Crippen LogP contribution in [0.1, 0.15) is 11.1 Å². The summed E-state index contributed by atoms with van der Waals surface area (Å²) >= 11 is 0. The number of hydrogen-bond donors (Lipinski definition) is 0. The van der Waals surface area contributed by atoms with Crippen molar-refractivity contribution in [2.45, 2.75) is 18.3 Å². The molecule has 0 saturated carbocycles. The number of carbonyl (C=O) groups is 1. The van der Waals surface area contributed by atoms with Crippen molar-refractivity contribution >= 4 is 22.5 Å². The van der Waals surface area contributed by atoms with Gasteiger partial charge < -0.3 is 4.84 Å². The number of halogens is 3. The molecule has 8 heteroatoms. The van der Waals surface area contributed by atoms with E-state index in [0.717, 1.165) is 16.2 Å². The van der Waals surface area contributed by atoms with Crippen molar-refractivity contribution in [1.29, 1.82) is 0 Å². The Bertz CT molecular complexity index is 559. The molecular weight excluding hydrogens is 295 g/mol. The summed E-state index contributed by atoms with van der Waals surface area (Å²) in [4.78, 5) is 15.2. The summed E-state index contributed by atoms with van der Waals surface area (Å²) in [5.41, 5.74) is 2.00. The van der Waals surface area contributed by atoms with Gasteiger partial charge in [0.1, 0.15) is 0 Å². The quantitative estimate of drug-likeness (QED) is 0.856. The molecule has 0 amide bonds. The van der Waals surface area contributed by atoms with Crippen molar-refractivity contribution in [2.24, 2.45) is 0 Å². The number of rotatable bonds is 3. The zero-order chi connectivity index (χ0) is 14.9. The third-order valence-corrected chi connectivity index (χ3v) is 3.58. The van der Waals surface area contributed by atoms with Crippen LogP contribution in [0, 0.1) is 0 Å². The number of alkyl halides is 3. The van der Waals surface area contributed by atoms with E-state index in [9.17, 15) is 22.2 Å². The zero-order valence-corrected chi connectivity index (χ0v) is 11.4. The smallest absolute Gasteiger partial charge is 0.332 e. The number of benzene rings is 1. The minimum atomic E-state index is -5.02. The summed E-state index contributed by atoms with van der Waals surface area (Å²) in [6.45, 7) is 0.157. The Labute approximate surface area is 115 Å². The second-order valence-corrected chi connectivity index (χ2v) is 5.80. The topological polar surface area (TPSA) is 46.6 Å². The summed E-state index contributed by atoms with van der Waals surface area (Å²) in [7, 11) is -1.05. The number of fused-ring (bicyclic) bond motifs is 1. The number of anilines is 1. The zero-order valence-electron chi connectivity index (χ0n) is 10.6. The summed E-state index contributed by atoms with van der Waals surface area (Å²) < 4.78 is 47.8. The van der Waals surface area contributed by atoms with Crippen LogP contribution < -0.4 is 5.06 Å². The molecule has 0 saturated heterocycles. The Hall–Kier alpha value is -1.57. The van der Waals surface area contributed by atoms with Gasteiger partial charge in [0.25, 0.3) is 0 Å². The van der Waals surface area contributed by atoms with Gasteiger partial charge in [-0.15, -0.1) is 0 Å². The van der Waals surface area contributed by atoms with Gasteiger partial charge in [-0.25, -0.2) is 9.86 Å². The average molecular weight is 307 g/mol. The lowest BCUT2D eigenvalue weighted by Crippen LogP contribution is -2.33. The molecule has 0 bridgehead atoms. The summed E-state index contributed by atoms with van der Waals surface area (Å²) in [6.07, 6.45) is -3.02. The summed E-state index contributed by atoms with van der Waals surface area (Å²) in [5, 5.41) is 0.938. The van der Waals surface area contributed by atoms with E-state index in [0.29, 0.717) is 17.9 Å². The van der Waals surface area contributed by atoms with Crippen molar-refractivity contribution in [3.05, 3.63) is 29.3 Å². The predicted octanol–water partition coefficient (Wildman–Crippen LogP) is 1.95. The minimum Gasteiger partial charge on any atom is -0.332 e. The van der Waals surface area contributed by atoms with Crippen LogP contribution in [0.2, 0.25) is 0 Å². The fraction of sp³-hybridized carbons (Fsp3) is 0.417. The maximum atomic E-state index is 12.2. The Kier molecular flexibility index (Phi) is 4.03. The molecule has 20 heavy (non-hydrogen) atoms. The van der Waals surface area contributed by atoms with E-state index in [1.54, 1.807) is 24.5 Å². The van der Waals surface area contributed by atoms with Crippen LogP contribution in [0.4, 0.5) is 18.9 Å². The Morgan fingerprint density at radius 1 is 1.45 bits per heavy atom. The standard InChI is InChI=1S/C12H12F3NO3S/c1-20(18)7-8-3-2-4-10-9(8)5-6-16(10)19-11(17)12(13,14)15/h2-4H,5-7H2,1H3. The van der Waals surface area contributed by atoms with Crippen molar-refractivity contribution in [3.8, 4) is 0 Å². The van der Waals surface area contributed by atoms with Crippen molar-refractivity contribution in [1.82, 2.24) is 0 Å². The molecule has 0 spiro atoms. The SMILES string of the molecule is CS(=O)Cc1cccc2c1CCN2OC(=O)C(F)(F)F. The second kappa shape index (κ2) is 5.43. The molecule has 0 fully saturated rings. The fourth-order valence-corrected chi connectivity index (χ4v) is 2.79. The molecule has 2 rings (SSSR count). The van der Waals surface area contributed by atoms with Crippen LogP contribution in [0.25, 0.3) is 0 Å². The van der Waals surface area contributed by atoms with Crippen LogP contribution in [-0.4, -0.2) is 29.2 Å². The van der Waals surface area contributed by atoms with Crippen LogP contribution in [0.3, 0.4) is 0 Å². The summed E-state index contributed by atoms with van der Waals surface area (Å²) in [6, 6.07) is 4.99. The molecule has 1 heterocycles. The van der Waals surface area contributed by atoms with Crippen LogP contribution in [0.5, 0.6) is 0 Å². The highest BCUT2D eigenvalue weighted by atomic mass is 32.2. The second-order valence-electron chi connectivity index (χ2n) is 4.36. The Balaban J connectivity index is 2.21. The maximum absolute atomic E-state index is 12.2. The first-order valence-corrected chi connectivity index (χ1v) is 7.49. The van der Waals surface area contributed by atoms with Gasteiger partial charge in [0.2, 0.25) is 0 Å². The van der Waals surface area contributed by atoms with Gasteiger partial charge in [-0.05, 0) is 23.6 Å². The van der Waals surface area contributed by atoms with Gasteiger partial charge >= 0.3 is 12.1 Å². The first-order chi connectivity index (χ1) is 9.29. The lowest BCUT2D eigenvalue weighted by atomic mass is 10.1.